The molecule has 4 heteroatoms. The van der Waals surface area contributed by atoms with Crippen molar-refractivity contribution in [3.05, 3.63) is 42.5 Å². The van der Waals surface area contributed by atoms with Gasteiger partial charge in [0, 0.05) is 5.69 Å². The average Bonchev–Trinajstić information content (AvgIpc) is 2.28. The minimum absolute atomic E-state index is 0.0234. The van der Waals surface area contributed by atoms with E-state index in [-0.39, 0.29) is 4.99 Å². The number of carbonyl (C=O) groups excluding carboxylic acids is 1. The van der Waals surface area contributed by atoms with Gasteiger partial charge < -0.3 is 11.1 Å². The number of hydrogen-bond acceptors (Lipinski definition) is 2. The first-order valence-electron chi connectivity index (χ1n) is 4.76. The van der Waals surface area contributed by atoms with Crippen LogP contribution < -0.4 is 11.1 Å². The molecular weight excluding hydrogens is 220 g/mol. The van der Waals surface area contributed by atoms with E-state index in [0.717, 1.165) is 16.5 Å². The second-order valence-electron chi connectivity index (χ2n) is 3.38. The minimum atomic E-state index is -0.622. The molecule has 80 valence electrons. The highest BCUT2D eigenvalue weighted by molar-refractivity contribution is 7.82. The van der Waals surface area contributed by atoms with Crippen LogP contribution in [0.25, 0.3) is 10.8 Å². The summed E-state index contributed by atoms with van der Waals surface area (Å²) in [5.41, 5.74) is 5.82. The van der Waals surface area contributed by atoms with Crippen LogP contribution in [0, 0.1) is 0 Å². The van der Waals surface area contributed by atoms with Gasteiger partial charge in [-0.2, -0.15) is 0 Å². The molecule has 0 spiro atoms. The van der Waals surface area contributed by atoms with E-state index in [9.17, 15) is 4.79 Å². The Morgan fingerprint density at radius 1 is 1.12 bits per heavy atom. The lowest BCUT2D eigenvalue weighted by Gasteiger charge is -2.06. The maximum Gasteiger partial charge on any atom is 0.276 e. The molecule has 0 unspecified atom stereocenters. The number of fused-ring (bicyclic) bond motifs is 1. The summed E-state index contributed by atoms with van der Waals surface area (Å²) in [5.74, 6) is -0.622. The van der Waals surface area contributed by atoms with Gasteiger partial charge >= 0.3 is 0 Å². The summed E-state index contributed by atoms with van der Waals surface area (Å²) in [6.07, 6.45) is 0. The summed E-state index contributed by atoms with van der Waals surface area (Å²) in [5, 5.41) is 5.01. The first-order valence-corrected chi connectivity index (χ1v) is 5.17. The van der Waals surface area contributed by atoms with Crippen LogP contribution in [0.2, 0.25) is 0 Å². The van der Waals surface area contributed by atoms with Crippen molar-refractivity contribution in [2.24, 2.45) is 5.73 Å². The summed E-state index contributed by atoms with van der Waals surface area (Å²) >= 11 is 4.80. The molecule has 0 radical (unpaired) electrons. The van der Waals surface area contributed by atoms with Crippen LogP contribution >= 0.6 is 12.2 Å². The zero-order chi connectivity index (χ0) is 11.5. The number of rotatable bonds is 1. The number of primary amides is 1. The maximum atomic E-state index is 10.8. The van der Waals surface area contributed by atoms with Crippen molar-refractivity contribution in [1.29, 1.82) is 0 Å². The van der Waals surface area contributed by atoms with E-state index in [2.05, 4.69) is 5.32 Å². The Bertz CT molecular complexity index is 566. The third-order valence-electron chi connectivity index (χ3n) is 2.23. The van der Waals surface area contributed by atoms with Crippen LogP contribution in [0.3, 0.4) is 0 Å². The minimum Gasteiger partial charge on any atom is -0.364 e. The molecule has 0 atom stereocenters. The number of hydrogen-bond donors (Lipinski definition) is 2. The number of nitrogens with two attached hydrogens (primary N) is 1. The summed E-state index contributed by atoms with van der Waals surface area (Å²) in [6, 6.07) is 13.7. The van der Waals surface area contributed by atoms with Gasteiger partial charge in [0.1, 0.15) is 0 Å². The van der Waals surface area contributed by atoms with Gasteiger partial charge in [0.25, 0.3) is 5.91 Å². The average molecular weight is 230 g/mol. The number of carbonyl (C=O) groups is 1. The maximum absolute atomic E-state index is 10.8. The molecule has 3 N–H and O–H groups in total. The molecule has 0 bridgehead atoms. The second kappa shape index (κ2) is 4.28. The van der Waals surface area contributed by atoms with Crippen molar-refractivity contribution in [2.45, 2.75) is 0 Å². The molecular formula is C12H10N2OS. The van der Waals surface area contributed by atoms with Crippen molar-refractivity contribution in [2.75, 3.05) is 5.32 Å². The van der Waals surface area contributed by atoms with Crippen LogP contribution in [-0.4, -0.2) is 10.9 Å². The zero-order valence-electron chi connectivity index (χ0n) is 8.44. The lowest BCUT2D eigenvalue weighted by Crippen LogP contribution is -2.27. The Morgan fingerprint density at radius 2 is 1.81 bits per heavy atom. The largest absolute Gasteiger partial charge is 0.364 e. The molecule has 0 aromatic heterocycles. The van der Waals surface area contributed by atoms with Gasteiger partial charge in [0.2, 0.25) is 0 Å². The van der Waals surface area contributed by atoms with Gasteiger partial charge in [-0.1, -0.05) is 42.5 Å². The zero-order valence-corrected chi connectivity index (χ0v) is 9.25. The molecule has 1 amide bonds. The molecule has 0 saturated heterocycles. The molecule has 0 aliphatic carbocycles. The Labute approximate surface area is 98.3 Å². The monoisotopic (exact) mass is 230 g/mol. The van der Waals surface area contributed by atoms with Crippen LogP contribution in [0.15, 0.2) is 42.5 Å². The first-order chi connectivity index (χ1) is 7.66. The number of anilines is 1. The highest BCUT2D eigenvalue weighted by Gasteiger charge is 2.03. The Balaban J connectivity index is 2.33. The van der Waals surface area contributed by atoms with Gasteiger partial charge in [-0.25, -0.2) is 0 Å². The quantitative estimate of drug-likeness (QED) is 0.737. The molecule has 3 nitrogen and oxygen atoms in total. The van der Waals surface area contributed by atoms with E-state index in [0.29, 0.717) is 0 Å². The van der Waals surface area contributed by atoms with Gasteiger partial charge in [0.05, 0.1) is 0 Å². The summed E-state index contributed by atoms with van der Waals surface area (Å²) in [7, 11) is 0. The van der Waals surface area contributed by atoms with Crippen molar-refractivity contribution in [3.63, 3.8) is 0 Å². The third kappa shape index (κ3) is 2.17. The molecule has 0 saturated carbocycles. The molecule has 0 aliphatic heterocycles. The van der Waals surface area contributed by atoms with Gasteiger partial charge in [-0.15, -0.1) is 0 Å². The van der Waals surface area contributed by atoms with Gasteiger partial charge in [0.15, 0.2) is 4.99 Å². The predicted molar refractivity (Wildman–Crippen MR) is 69.4 cm³/mol. The lowest BCUT2D eigenvalue weighted by atomic mass is 10.1. The fraction of sp³-hybridized carbons (Fsp3) is 0. The van der Waals surface area contributed by atoms with Crippen molar-refractivity contribution in [3.8, 4) is 0 Å². The molecule has 16 heavy (non-hydrogen) atoms. The number of thiocarbonyl (C=S) groups is 1. The van der Waals surface area contributed by atoms with E-state index >= 15 is 0 Å². The van der Waals surface area contributed by atoms with Crippen LogP contribution in [0.4, 0.5) is 5.69 Å². The number of nitrogens with one attached hydrogen (secondary N) is 1. The lowest BCUT2D eigenvalue weighted by molar-refractivity contribution is -0.111. The second-order valence-corrected chi connectivity index (χ2v) is 3.79. The number of benzene rings is 2. The normalized spacial score (nSPS) is 10.0. The van der Waals surface area contributed by atoms with Crippen LogP contribution in [0.1, 0.15) is 0 Å². The molecule has 0 heterocycles. The highest BCUT2D eigenvalue weighted by Crippen LogP contribution is 2.18. The summed E-state index contributed by atoms with van der Waals surface area (Å²) in [6.45, 7) is 0. The standard InChI is InChI=1S/C12H10N2OS/c13-11(15)12(16)14-10-6-5-8-3-1-2-4-9(8)7-10/h1-7H,(H2,13,15)(H,14,16). The van der Waals surface area contributed by atoms with E-state index in [1.165, 1.54) is 0 Å². The predicted octanol–water partition coefficient (Wildman–Crippen LogP) is 2.06. The van der Waals surface area contributed by atoms with Gasteiger partial charge in [-0.3, -0.25) is 4.79 Å². The third-order valence-corrected chi connectivity index (χ3v) is 2.53. The van der Waals surface area contributed by atoms with Crippen molar-refractivity contribution in [1.82, 2.24) is 0 Å². The summed E-state index contributed by atoms with van der Waals surface area (Å²) in [4.78, 5) is 10.8. The smallest absolute Gasteiger partial charge is 0.276 e. The van der Waals surface area contributed by atoms with Crippen molar-refractivity contribution < 1.29 is 4.79 Å². The Hall–Kier alpha value is -1.94. The number of amides is 1. The van der Waals surface area contributed by atoms with E-state index in [1.807, 2.05) is 42.5 Å². The van der Waals surface area contributed by atoms with E-state index in [1.54, 1.807) is 0 Å². The van der Waals surface area contributed by atoms with Crippen LogP contribution in [0.5, 0.6) is 0 Å². The first kappa shape index (κ1) is 10.6. The van der Waals surface area contributed by atoms with Gasteiger partial charge in [-0.05, 0) is 22.9 Å². The topological polar surface area (TPSA) is 55.1 Å². The summed E-state index contributed by atoms with van der Waals surface area (Å²) < 4.78 is 0. The van der Waals surface area contributed by atoms with Crippen LogP contribution in [-0.2, 0) is 4.79 Å². The molecule has 2 aromatic rings. The Kier molecular flexibility index (Phi) is 2.83. The highest BCUT2D eigenvalue weighted by atomic mass is 32.1. The van der Waals surface area contributed by atoms with Crippen molar-refractivity contribution >= 4 is 39.6 Å². The van der Waals surface area contributed by atoms with E-state index < -0.39 is 5.91 Å². The fourth-order valence-electron chi connectivity index (χ4n) is 1.46. The molecule has 2 rings (SSSR count). The fourth-order valence-corrected chi connectivity index (χ4v) is 1.58. The Morgan fingerprint density at radius 3 is 2.50 bits per heavy atom. The molecule has 0 fully saturated rings. The van der Waals surface area contributed by atoms with E-state index in [4.69, 9.17) is 18.0 Å². The molecule has 0 aliphatic rings. The SMILES string of the molecule is NC(=O)C(=S)Nc1ccc2ccccc2c1. The molecule has 2 aromatic carbocycles.